The largest absolute Gasteiger partial charge is 0.497 e. The Morgan fingerprint density at radius 1 is 1.04 bits per heavy atom. The second-order valence-electron chi connectivity index (χ2n) is 14.8. The van der Waals surface area contributed by atoms with Crippen LogP contribution in [0.15, 0.2) is 72.8 Å². The van der Waals surface area contributed by atoms with Crippen molar-refractivity contribution in [2.75, 3.05) is 44.1 Å². The zero-order chi connectivity index (χ0) is 39.2. The minimum atomic E-state index is -2.60. The van der Waals surface area contributed by atoms with Gasteiger partial charge in [0.2, 0.25) is 5.91 Å². The molecule has 3 amide bonds. The minimum Gasteiger partial charge on any atom is -0.497 e. The number of unbranched alkanes of at least 4 members (excludes halogenated alkanes) is 1. The van der Waals surface area contributed by atoms with Crippen LogP contribution < -0.4 is 20.1 Å². The molecule has 54 heavy (non-hydrogen) atoms. The first-order chi connectivity index (χ1) is 25.8. The lowest BCUT2D eigenvalue weighted by molar-refractivity contribution is -0.149. The number of hydrogen-bond donors (Lipinski definition) is 3. The Morgan fingerprint density at radius 2 is 1.74 bits per heavy atom. The molecule has 1 spiro atoms. The summed E-state index contributed by atoms with van der Waals surface area (Å²) in [5, 5.41) is 23.8. The highest BCUT2D eigenvalue weighted by atomic mass is 28.3. The molecule has 3 N–H and O–H groups in total. The molecule has 5 rings (SSSR count). The van der Waals surface area contributed by atoms with E-state index < -0.39 is 37.7 Å². The second-order valence-corrected chi connectivity index (χ2v) is 19.5. The highest BCUT2D eigenvalue weighted by Crippen LogP contribution is 2.60. The lowest BCUT2D eigenvalue weighted by atomic mass is 9.82. The van der Waals surface area contributed by atoms with Gasteiger partial charge < -0.3 is 39.5 Å². The quantitative estimate of drug-likeness (QED) is 0.110. The summed E-state index contributed by atoms with van der Waals surface area (Å²) in [5.41, 5.74) is 0.782. The fourth-order valence-corrected chi connectivity index (χ4v) is 12.2. The van der Waals surface area contributed by atoms with E-state index in [1.807, 2.05) is 49.4 Å². The van der Waals surface area contributed by atoms with Crippen molar-refractivity contribution in [2.45, 2.75) is 82.5 Å². The maximum atomic E-state index is 15.1. The molecule has 12 nitrogen and oxygen atoms in total. The number of rotatable bonds is 16. The average Bonchev–Trinajstić information content (AvgIpc) is 3.58. The van der Waals surface area contributed by atoms with Crippen molar-refractivity contribution in [1.29, 1.82) is 0 Å². The van der Waals surface area contributed by atoms with Crippen LogP contribution in [0.2, 0.25) is 18.6 Å². The third kappa shape index (κ3) is 8.24. The molecule has 1 fully saturated rings. The summed E-state index contributed by atoms with van der Waals surface area (Å²) in [7, 11) is 0.365. The molecule has 0 bridgehead atoms. The molecule has 290 valence electrons. The summed E-state index contributed by atoms with van der Waals surface area (Å²) in [6.45, 7) is 8.41. The number of benzene rings is 3. The zero-order valence-electron chi connectivity index (χ0n) is 32.0. The van der Waals surface area contributed by atoms with Gasteiger partial charge in [-0.3, -0.25) is 19.2 Å². The Balaban J connectivity index is 1.59. The lowest BCUT2D eigenvalue weighted by Crippen LogP contribution is -2.52. The minimum absolute atomic E-state index is 0.0175. The fraction of sp³-hybridized carbons (Fsp3) is 0.463. The van der Waals surface area contributed by atoms with Gasteiger partial charge in [-0.2, -0.15) is 0 Å². The molecule has 0 unspecified atom stereocenters. The average molecular weight is 760 g/mol. The van der Waals surface area contributed by atoms with E-state index in [9.17, 15) is 24.6 Å². The van der Waals surface area contributed by atoms with E-state index >= 15 is 4.79 Å². The van der Waals surface area contributed by atoms with Crippen molar-refractivity contribution in [3.8, 4) is 5.75 Å². The third-order valence-electron chi connectivity index (χ3n) is 11.0. The predicted octanol–water partition coefficient (Wildman–Crippen LogP) is 4.33. The summed E-state index contributed by atoms with van der Waals surface area (Å²) in [6, 6.07) is 22.8. The second kappa shape index (κ2) is 17.3. The number of methoxy groups -OCH3 is 2. The standard InChI is InChI=1S/C41H53N3O9Si/c1-27-38(54(5,6)32-18-16-31(51-3)17-19-32)35(25-36(47)43(22-23-45)26-29-12-8-7-9-13-29)53-41(27)33-24-30(42-39(49)28(2)46)15-20-34(33)44(40(41)50)21-11-10-14-37(48)52-4/h7-9,12-13,15-20,24,27-28,35,38,45-46H,10-11,14,21-23,25-26H2,1-6H3,(H,42,49)/t27-,28+,35+,38-,41+/m1/s1. The monoisotopic (exact) mass is 759 g/mol. The number of esters is 1. The van der Waals surface area contributed by atoms with Crippen molar-refractivity contribution in [2.24, 2.45) is 5.92 Å². The van der Waals surface area contributed by atoms with Crippen LogP contribution >= 0.6 is 0 Å². The van der Waals surface area contributed by atoms with E-state index in [2.05, 4.69) is 30.5 Å². The van der Waals surface area contributed by atoms with E-state index in [0.29, 0.717) is 42.9 Å². The molecule has 2 heterocycles. The number of ether oxygens (including phenoxy) is 3. The van der Waals surface area contributed by atoms with Crippen LogP contribution in [-0.2, 0) is 40.8 Å². The van der Waals surface area contributed by atoms with E-state index in [1.165, 1.54) is 14.0 Å². The van der Waals surface area contributed by atoms with E-state index in [-0.39, 0.29) is 49.3 Å². The van der Waals surface area contributed by atoms with Crippen LogP contribution in [0.1, 0.15) is 50.7 Å². The number of anilines is 2. The summed E-state index contributed by atoms with van der Waals surface area (Å²) in [4.78, 5) is 57.2. The van der Waals surface area contributed by atoms with Gasteiger partial charge in [0.15, 0.2) is 5.60 Å². The number of fused-ring (bicyclic) bond motifs is 2. The summed E-state index contributed by atoms with van der Waals surface area (Å²) in [6.07, 6.45) is -0.698. The molecule has 0 saturated carbocycles. The first-order valence-electron chi connectivity index (χ1n) is 18.6. The van der Waals surface area contributed by atoms with E-state index in [1.54, 1.807) is 35.1 Å². The fourth-order valence-electron chi connectivity index (χ4n) is 8.22. The van der Waals surface area contributed by atoms with Crippen LogP contribution in [-0.4, -0.2) is 93.0 Å². The number of hydrogen-bond acceptors (Lipinski definition) is 9. The number of nitrogens with one attached hydrogen (secondary N) is 1. The molecule has 3 aromatic rings. The molecule has 0 aliphatic carbocycles. The Hall–Kier alpha value is -4.56. The van der Waals surface area contributed by atoms with Crippen LogP contribution in [0.5, 0.6) is 5.75 Å². The van der Waals surface area contributed by atoms with Crippen molar-refractivity contribution >= 4 is 48.3 Å². The van der Waals surface area contributed by atoms with Gasteiger partial charge in [0.1, 0.15) is 11.9 Å². The normalized spacial score (nSPS) is 21.1. The highest BCUT2D eigenvalue weighted by molar-refractivity contribution is 6.91. The molecule has 3 aromatic carbocycles. The Morgan fingerprint density at radius 3 is 2.37 bits per heavy atom. The topological polar surface area (TPSA) is 155 Å². The van der Waals surface area contributed by atoms with Gasteiger partial charge in [-0.05, 0) is 61.2 Å². The molecule has 1 saturated heterocycles. The summed E-state index contributed by atoms with van der Waals surface area (Å²) < 4.78 is 17.4. The number of aliphatic hydroxyl groups excluding tert-OH is 2. The van der Waals surface area contributed by atoms with Gasteiger partial charge in [0.25, 0.3) is 11.8 Å². The third-order valence-corrected chi connectivity index (χ3v) is 15.4. The molecule has 0 aromatic heterocycles. The number of carbonyl (C=O) groups excluding carboxylic acids is 4. The highest BCUT2D eigenvalue weighted by Gasteiger charge is 2.66. The molecule has 2 aliphatic rings. The van der Waals surface area contributed by atoms with Gasteiger partial charge in [0, 0.05) is 43.2 Å². The van der Waals surface area contributed by atoms with E-state index in [0.717, 1.165) is 16.5 Å². The zero-order valence-corrected chi connectivity index (χ0v) is 33.0. The lowest BCUT2D eigenvalue weighted by Gasteiger charge is -2.37. The van der Waals surface area contributed by atoms with Crippen LogP contribution in [0.25, 0.3) is 0 Å². The van der Waals surface area contributed by atoms with Crippen molar-refractivity contribution < 1.29 is 43.6 Å². The summed E-state index contributed by atoms with van der Waals surface area (Å²) in [5.74, 6) is -1.08. The molecule has 2 aliphatic heterocycles. The Kier molecular flexibility index (Phi) is 13.0. The van der Waals surface area contributed by atoms with E-state index in [4.69, 9.17) is 14.2 Å². The Bertz CT molecular complexity index is 1800. The van der Waals surface area contributed by atoms with Gasteiger partial charge in [0.05, 0.1) is 47.1 Å². The summed E-state index contributed by atoms with van der Waals surface area (Å²) >= 11 is 0. The number of aliphatic hydroxyl groups is 2. The maximum Gasteiger partial charge on any atom is 0.305 e. The van der Waals surface area contributed by atoms with Crippen LogP contribution in [0.3, 0.4) is 0 Å². The number of amides is 3. The first-order valence-corrected chi connectivity index (χ1v) is 21.6. The SMILES string of the molecule is COC(=O)CCCCN1C(=O)[C@@]2(O[C@@H](CC(=O)N(CCO)Cc3ccccc3)[C@H]([Si](C)(C)c3ccc(OC)cc3)[C@H]2C)c2cc(NC(=O)[C@H](C)O)ccc21. The smallest absolute Gasteiger partial charge is 0.305 e. The van der Waals surface area contributed by atoms with Crippen molar-refractivity contribution in [3.05, 3.63) is 83.9 Å². The molecular formula is C41H53N3O9Si. The maximum absolute atomic E-state index is 15.1. The molecular weight excluding hydrogens is 707 g/mol. The van der Waals surface area contributed by atoms with Crippen molar-refractivity contribution in [1.82, 2.24) is 4.90 Å². The van der Waals surface area contributed by atoms with Gasteiger partial charge in [-0.1, -0.05) is 67.7 Å². The molecule has 13 heteroatoms. The Labute approximate surface area is 318 Å². The van der Waals surface area contributed by atoms with Gasteiger partial charge in [-0.15, -0.1) is 0 Å². The first kappa shape index (κ1) is 40.6. The number of carbonyl (C=O) groups is 4. The van der Waals surface area contributed by atoms with Crippen LogP contribution in [0, 0.1) is 5.92 Å². The van der Waals surface area contributed by atoms with Crippen molar-refractivity contribution in [3.63, 3.8) is 0 Å². The predicted molar refractivity (Wildman–Crippen MR) is 208 cm³/mol. The molecule has 5 atom stereocenters. The van der Waals surface area contributed by atoms with Gasteiger partial charge >= 0.3 is 5.97 Å². The molecule has 0 radical (unpaired) electrons. The number of nitrogens with zero attached hydrogens (tertiary/aromatic N) is 2. The van der Waals surface area contributed by atoms with Crippen LogP contribution in [0.4, 0.5) is 11.4 Å². The van der Waals surface area contributed by atoms with Gasteiger partial charge in [-0.25, -0.2) is 0 Å².